The summed E-state index contributed by atoms with van der Waals surface area (Å²) in [5.74, 6) is -1.04. The van der Waals surface area contributed by atoms with E-state index in [0.29, 0.717) is 24.4 Å². The van der Waals surface area contributed by atoms with E-state index in [1.807, 2.05) is 21.0 Å². The molecule has 0 saturated heterocycles. The number of rotatable bonds is 7. The Bertz CT molecular complexity index is 714. The molecule has 0 heterocycles. The summed E-state index contributed by atoms with van der Waals surface area (Å²) in [5, 5.41) is 16.3. The third-order valence-corrected chi connectivity index (χ3v) is 5.46. The minimum Gasteiger partial charge on any atom is -0.346 e. The number of nitrogens with one attached hydrogen (secondary N) is 2. The molecule has 1 saturated carbocycles. The molecule has 1 aliphatic carbocycles. The molecule has 1 aromatic carbocycles. The third kappa shape index (κ3) is 5.76. The van der Waals surface area contributed by atoms with Crippen molar-refractivity contribution in [3.63, 3.8) is 0 Å². The first-order valence-corrected chi connectivity index (χ1v) is 9.86. The van der Waals surface area contributed by atoms with Gasteiger partial charge in [0.1, 0.15) is 0 Å². The highest BCUT2D eigenvalue weighted by Crippen LogP contribution is 2.28. The number of hydrogen-bond donors (Lipinski definition) is 2. The molecule has 0 spiro atoms. The monoisotopic (exact) mass is 390 g/mol. The van der Waals surface area contributed by atoms with E-state index in [1.54, 1.807) is 12.1 Å². The van der Waals surface area contributed by atoms with Crippen molar-refractivity contribution < 1.29 is 14.5 Å². The predicted molar refractivity (Wildman–Crippen MR) is 108 cm³/mol. The molecule has 28 heavy (non-hydrogen) atoms. The molecule has 1 aliphatic rings. The van der Waals surface area contributed by atoms with Gasteiger partial charge in [-0.1, -0.05) is 32.3 Å². The number of carbonyl (C=O) groups is 2. The number of aryl methyl sites for hydroxylation is 1. The van der Waals surface area contributed by atoms with Gasteiger partial charge in [-0.15, -0.1) is 0 Å². The maximum Gasteiger partial charge on any atom is 0.313 e. The quantitative estimate of drug-likeness (QED) is 0.423. The van der Waals surface area contributed by atoms with E-state index in [4.69, 9.17) is 0 Å². The molecule has 1 atom stereocenters. The fourth-order valence-corrected chi connectivity index (χ4v) is 3.87. The Balaban J connectivity index is 1.95. The summed E-state index contributed by atoms with van der Waals surface area (Å²) >= 11 is 0. The third-order valence-electron chi connectivity index (χ3n) is 5.46. The van der Waals surface area contributed by atoms with Gasteiger partial charge in [0.2, 0.25) is 0 Å². The smallest absolute Gasteiger partial charge is 0.313 e. The molecule has 1 aromatic rings. The largest absolute Gasteiger partial charge is 0.346 e. The Kier molecular flexibility index (Phi) is 7.92. The molecule has 1 fully saturated rings. The maximum absolute atomic E-state index is 12.2. The minimum atomic E-state index is -0.820. The average Bonchev–Trinajstić information content (AvgIpc) is 2.68. The van der Waals surface area contributed by atoms with Crippen LogP contribution >= 0.6 is 0 Å². The van der Waals surface area contributed by atoms with Crippen molar-refractivity contribution in [1.29, 1.82) is 0 Å². The number of hydrogen-bond acceptors (Lipinski definition) is 5. The van der Waals surface area contributed by atoms with E-state index >= 15 is 0 Å². The first kappa shape index (κ1) is 21.8. The summed E-state index contributed by atoms with van der Waals surface area (Å²) < 4.78 is 0. The van der Waals surface area contributed by atoms with Crippen LogP contribution in [0.4, 0.5) is 11.4 Å². The van der Waals surface area contributed by atoms with Gasteiger partial charge in [0, 0.05) is 29.9 Å². The van der Waals surface area contributed by atoms with E-state index in [-0.39, 0.29) is 17.4 Å². The number of carbonyl (C=O) groups excluding carboxylic acids is 2. The molecule has 0 aromatic heterocycles. The fraction of sp³-hybridized carbons (Fsp3) is 0.600. The van der Waals surface area contributed by atoms with Crippen LogP contribution in [0.5, 0.6) is 0 Å². The van der Waals surface area contributed by atoms with Gasteiger partial charge in [0.15, 0.2) is 0 Å². The highest BCUT2D eigenvalue weighted by Gasteiger charge is 2.26. The summed E-state index contributed by atoms with van der Waals surface area (Å²) in [7, 11) is 3.97. The number of nitro benzene ring substituents is 1. The van der Waals surface area contributed by atoms with Crippen LogP contribution in [0.2, 0.25) is 0 Å². The lowest BCUT2D eigenvalue weighted by atomic mass is 9.83. The summed E-state index contributed by atoms with van der Waals surface area (Å²) in [6.07, 6.45) is 6.45. The average molecular weight is 390 g/mol. The second-order valence-corrected chi connectivity index (χ2v) is 7.55. The van der Waals surface area contributed by atoms with Crippen LogP contribution in [0.3, 0.4) is 0 Å². The molecule has 2 N–H and O–H groups in total. The molecule has 0 bridgehead atoms. The lowest BCUT2D eigenvalue weighted by Crippen LogP contribution is -2.47. The summed E-state index contributed by atoms with van der Waals surface area (Å²) in [4.78, 5) is 37.2. The predicted octanol–water partition coefficient (Wildman–Crippen LogP) is 2.72. The zero-order chi connectivity index (χ0) is 20.7. The van der Waals surface area contributed by atoms with Gasteiger partial charge in [-0.05, 0) is 45.3 Å². The van der Waals surface area contributed by atoms with Crippen molar-refractivity contribution in [3.05, 3.63) is 33.9 Å². The number of nitro groups is 1. The lowest BCUT2D eigenvalue weighted by Gasteiger charge is -2.34. The van der Waals surface area contributed by atoms with Crippen LogP contribution in [0.1, 0.15) is 44.6 Å². The molecule has 154 valence electrons. The van der Waals surface area contributed by atoms with Gasteiger partial charge < -0.3 is 15.5 Å². The first-order chi connectivity index (χ1) is 13.3. The van der Waals surface area contributed by atoms with Crippen LogP contribution in [0, 0.1) is 16.0 Å². The van der Waals surface area contributed by atoms with Crippen LogP contribution in [0.15, 0.2) is 18.2 Å². The SMILES string of the molecule is CCc1ccc(NC(=O)C(=O)NCC(C2CCCCC2)N(C)C)cc1[N+](=O)[O-]. The van der Waals surface area contributed by atoms with Gasteiger partial charge >= 0.3 is 11.8 Å². The zero-order valence-electron chi connectivity index (χ0n) is 16.9. The Morgan fingerprint density at radius 1 is 1.21 bits per heavy atom. The summed E-state index contributed by atoms with van der Waals surface area (Å²) in [6, 6.07) is 4.63. The van der Waals surface area contributed by atoms with E-state index < -0.39 is 16.7 Å². The van der Waals surface area contributed by atoms with Crippen LogP contribution in [-0.2, 0) is 16.0 Å². The van der Waals surface area contributed by atoms with Crippen LogP contribution in [-0.4, -0.2) is 48.3 Å². The van der Waals surface area contributed by atoms with Crippen molar-refractivity contribution in [2.75, 3.05) is 26.0 Å². The molecule has 8 nitrogen and oxygen atoms in total. The molecule has 1 unspecified atom stereocenters. The van der Waals surface area contributed by atoms with Crippen molar-refractivity contribution in [1.82, 2.24) is 10.2 Å². The highest BCUT2D eigenvalue weighted by molar-refractivity contribution is 6.39. The summed E-state index contributed by atoms with van der Waals surface area (Å²) in [6.45, 7) is 2.22. The van der Waals surface area contributed by atoms with E-state index in [9.17, 15) is 19.7 Å². The Morgan fingerprint density at radius 2 is 1.89 bits per heavy atom. The first-order valence-electron chi connectivity index (χ1n) is 9.86. The van der Waals surface area contributed by atoms with Crippen molar-refractivity contribution in [2.24, 2.45) is 5.92 Å². The summed E-state index contributed by atoms with van der Waals surface area (Å²) in [5.41, 5.74) is 0.750. The van der Waals surface area contributed by atoms with Crippen LogP contribution < -0.4 is 10.6 Å². The van der Waals surface area contributed by atoms with Gasteiger partial charge in [-0.25, -0.2) is 0 Å². The highest BCUT2D eigenvalue weighted by atomic mass is 16.6. The van der Waals surface area contributed by atoms with Crippen LogP contribution in [0.25, 0.3) is 0 Å². The second kappa shape index (κ2) is 10.2. The minimum absolute atomic E-state index is 0.0642. The van der Waals surface area contributed by atoms with Gasteiger partial charge in [-0.3, -0.25) is 19.7 Å². The Labute approximate surface area is 165 Å². The molecule has 0 aliphatic heterocycles. The molecular formula is C20H30N4O4. The molecule has 2 amide bonds. The zero-order valence-corrected chi connectivity index (χ0v) is 16.9. The molecule has 2 rings (SSSR count). The lowest BCUT2D eigenvalue weighted by molar-refractivity contribution is -0.385. The van der Waals surface area contributed by atoms with E-state index in [2.05, 4.69) is 15.5 Å². The number of amides is 2. The van der Waals surface area contributed by atoms with E-state index in [1.165, 1.54) is 25.3 Å². The molecule has 0 radical (unpaired) electrons. The standard InChI is InChI=1S/C20H30N4O4/c1-4-14-10-11-16(12-17(14)24(27)28)22-20(26)19(25)21-13-18(23(2)3)15-8-6-5-7-9-15/h10-12,15,18H,4-9,13H2,1-3H3,(H,21,25)(H,22,26). The second-order valence-electron chi connectivity index (χ2n) is 7.55. The molecular weight excluding hydrogens is 360 g/mol. The fourth-order valence-electron chi connectivity index (χ4n) is 3.87. The molecule has 8 heteroatoms. The maximum atomic E-state index is 12.2. The number of nitrogens with zero attached hydrogens (tertiary/aromatic N) is 2. The normalized spacial score (nSPS) is 15.9. The van der Waals surface area contributed by atoms with Crippen molar-refractivity contribution in [3.8, 4) is 0 Å². The van der Waals surface area contributed by atoms with E-state index in [0.717, 1.165) is 12.8 Å². The number of anilines is 1. The Morgan fingerprint density at radius 3 is 2.46 bits per heavy atom. The Hall–Kier alpha value is -2.48. The van der Waals surface area contributed by atoms with Gasteiger partial charge in [0.05, 0.1) is 4.92 Å². The number of benzene rings is 1. The van der Waals surface area contributed by atoms with Crippen molar-refractivity contribution in [2.45, 2.75) is 51.5 Å². The van der Waals surface area contributed by atoms with Crippen molar-refractivity contribution >= 4 is 23.2 Å². The van der Waals surface area contributed by atoms with Gasteiger partial charge in [0.25, 0.3) is 5.69 Å². The number of likely N-dealkylation sites (N-methyl/N-ethyl adjacent to an activating group) is 1. The van der Waals surface area contributed by atoms with Gasteiger partial charge in [-0.2, -0.15) is 0 Å². The topological polar surface area (TPSA) is 105 Å².